The third-order valence-corrected chi connectivity index (χ3v) is 4.50. The Morgan fingerprint density at radius 1 is 1.26 bits per heavy atom. The van der Waals surface area contributed by atoms with E-state index in [0.29, 0.717) is 12.1 Å². The van der Waals surface area contributed by atoms with Gasteiger partial charge in [0.2, 0.25) is 0 Å². The molecule has 1 atom stereocenters. The van der Waals surface area contributed by atoms with Gasteiger partial charge in [0.15, 0.2) is 5.82 Å². The van der Waals surface area contributed by atoms with Crippen LogP contribution >= 0.6 is 0 Å². The molecule has 1 saturated heterocycles. The van der Waals surface area contributed by atoms with Gasteiger partial charge in [0.25, 0.3) is 0 Å². The SMILES string of the molecule is CC(C)n1cncc1CN1CCCC1c1ccc(N(C)C)nn1. The van der Waals surface area contributed by atoms with Crippen LogP contribution in [0.25, 0.3) is 0 Å². The maximum Gasteiger partial charge on any atom is 0.150 e. The molecule has 0 bridgehead atoms. The van der Waals surface area contributed by atoms with Crippen molar-refractivity contribution in [1.29, 1.82) is 0 Å². The van der Waals surface area contributed by atoms with E-state index in [1.54, 1.807) is 0 Å². The lowest BCUT2D eigenvalue weighted by Crippen LogP contribution is -2.25. The van der Waals surface area contributed by atoms with Crippen LogP contribution in [0.15, 0.2) is 24.7 Å². The number of imidazole rings is 1. The molecule has 1 unspecified atom stereocenters. The number of nitrogens with zero attached hydrogens (tertiary/aromatic N) is 6. The molecule has 0 spiro atoms. The van der Waals surface area contributed by atoms with E-state index in [2.05, 4.69) is 50.6 Å². The minimum Gasteiger partial charge on any atom is -0.361 e. The van der Waals surface area contributed by atoms with Crippen molar-refractivity contribution in [2.24, 2.45) is 0 Å². The maximum absolute atomic E-state index is 4.46. The summed E-state index contributed by atoms with van der Waals surface area (Å²) in [5.74, 6) is 0.899. The fraction of sp³-hybridized carbons (Fsp3) is 0.588. The highest BCUT2D eigenvalue weighted by atomic mass is 15.3. The topological polar surface area (TPSA) is 50.1 Å². The molecular weight excluding hydrogens is 288 g/mol. The van der Waals surface area contributed by atoms with Crippen molar-refractivity contribution in [3.8, 4) is 0 Å². The molecule has 0 amide bonds. The lowest BCUT2D eigenvalue weighted by molar-refractivity contribution is 0.236. The molecule has 0 radical (unpaired) electrons. The van der Waals surface area contributed by atoms with Gasteiger partial charge in [0, 0.05) is 32.9 Å². The minimum absolute atomic E-state index is 0.356. The number of hydrogen-bond donors (Lipinski definition) is 0. The molecule has 23 heavy (non-hydrogen) atoms. The Morgan fingerprint density at radius 3 is 2.74 bits per heavy atom. The quantitative estimate of drug-likeness (QED) is 0.849. The largest absolute Gasteiger partial charge is 0.361 e. The molecular formula is C17H26N6. The van der Waals surface area contributed by atoms with Crippen LogP contribution in [0.4, 0.5) is 5.82 Å². The summed E-state index contributed by atoms with van der Waals surface area (Å²) >= 11 is 0. The minimum atomic E-state index is 0.356. The first-order valence-corrected chi connectivity index (χ1v) is 8.32. The Labute approximate surface area is 138 Å². The lowest BCUT2D eigenvalue weighted by Gasteiger charge is -2.25. The van der Waals surface area contributed by atoms with Crippen LogP contribution in [-0.2, 0) is 6.54 Å². The van der Waals surface area contributed by atoms with Crippen LogP contribution < -0.4 is 4.90 Å². The predicted molar refractivity (Wildman–Crippen MR) is 91.4 cm³/mol. The zero-order chi connectivity index (χ0) is 16.4. The van der Waals surface area contributed by atoms with Crippen LogP contribution in [0.1, 0.15) is 50.2 Å². The van der Waals surface area contributed by atoms with Crippen molar-refractivity contribution in [2.45, 2.75) is 45.3 Å². The van der Waals surface area contributed by atoms with E-state index < -0.39 is 0 Å². The highest BCUT2D eigenvalue weighted by Gasteiger charge is 2.28. The van der Waals surface area contributed by atoms with Crippen molar-refractivity contribution in [1.82, 2.24) is 24.6 Å². The van der Waals surface area contributed by atoms with Crippen LogP contribution in [0.5, 0.6) is 0 Å². The summed E-state index contributed by atoms with van der Waals surface area (Å²) < 4.78 is 2.25. The summed E-state index contributed by atoms with van der Waals surface area (Å²) in [5, 5.41) is 8.79. The van der Waals surface area contributed by atoms with Gasteiger partial charge < -0.3 is 9.47 Å². The Kier molecular flexibility index (Phi) is 4.61. The van der Waals surface area contributed by atoms with Gasteiger partial charge in [-0.25, -0.2) is 4.98 Å². The molecule has 0 saturated carbocycles. The number of hydrogen-bond acceptors (Lipinski definition) is 5. The van der Waals surface area contributed by atoms with Gasteiger partial charge in [0.05, 0.1) is 23.8 Å². The van der Waals surface area contributed by atoms with Gasteiger partial charge in [-0.3, -0.25) is 4.90 Å². The molecule has 1 aliphatic heterocycles. The molecule has 1 aliphatic rings. The van der Waals surface area contributed by atoms with Crippen LogP contribution in [-0.4, -0.2) is 45.3 Å². The smallest absolute Gasteiger partial charge is 0.150 e. The van der Waals surface area contributed by atoms with E-state index in [1.165, 1.54) is 12.1 Å². The molecule has 0 aliphatic carbocycles. The molecule has 3 heterocycles. The Morgan fingerprint density at radius 2 is 2.09 bits per heavy atom. The van der Waals surface area contributed by atoms with Gasteiger partial charge in [-0.15, -0.1) is 5.10 Å². The third-order valence-electron chi connectivity index (χ3n) is 4.50. The van der Waals surface area contributed by atoms with E-state index in [1.807, 2.05) is 31.5 Å². The van der Waals surface area contributed by atoms with Crippen molar-refractivity contribution in [2.75, 3.05) is 25.5 Å². The van der Waals surface area contributed by atoms with Gasteiger partial charge >= 0.3 is 0 Å². The zero-order valence-corrected chi connectivity index (χ0v) is 14.5. The molecule has 0 aromatic carbocycles. The van der Waals surface area contributed by atoms with Crippen molar-refractivity contribution in [3.63, 3.8) is 0 Å². The summed E-state index contributed by atoms with van der Waals surface area (Å²) in [5.41, 5.74) is 2.34. The number of anilines is 1. The first-order chi connectivity index (χ1) is 11.1. The van der Waals surface area contributed by atoms with E-state index in [-0.39, 0.29) is 0 Å². The fourth-order valence-corrected chi connectivity index (χ4v) is 3.23. The average Bonchev–Trinajstić information content (AvgIpc) is 3.17. The first kappa shape index (κ1) is 15.9. The molecule has 2 aromatic heterocycles. The van der Waals surface area contributed by atoms with E-state index in [9.17, 15) is 0 Å². The molecule has 124 valence electrons. The Bertz CT molecular complexity index is 631. The van der Waals surface area contributed by atoms with Gasteiger partial charge in [-0.2, -0.15) is 5.10 Å². The molecule has 0 N–H and O–H groups in total. The van der Waals surface area contributed by atoms with Crippen molar-refractivity contribution < 1.29 is 0 Å². The highest BCUT2D eigenvalue weighted by Crippen LogP contribution is 2.32. The maximum atomic E-state index is 4.46. The first-order valence-electron chi connectivity index (χ1n) is 8.32. The summed E-state index contributed by atoms with van der Waals surface area (Å²) in [6.07, 6.45) is 6.26. The Hall–Kier alpha value is -1.95. The number of rotatable bonds is 5. The molecule has 1 fully saturated rings. The second-order valence-corrected chi connectivity index (χ2v) is 6.73. The van der Waals surface area contributed by atoms with Crippen LogP contribution in [0.3, 0.4) is 0 Å². The van der Waals surface area contributed by atoms with Gasteiger partial charge in [-0.1, -0.05) is 0 Å². The van der Waals surface area contributed by atoms with Gasteiger partial charge in [-0.05, 0) is 45.4 Å². The monoisotopic (exact) mass is 314 g/mol. The second kappa shape index (κ2) is 6.66. The summed E-state index contributed by atoms with van der Waals surface area (Å²) in [6.45, 7) is 6.40. The van der Waals surface area contributed by atoms with Crippen LogP contribution in [0, 0.1) is 0 Å². The highest BCUT2D eigenvalue weighted by molar-refractivity contribution is 5.35. The molecule has 3 rings (SSSR count). The second-order valence-electron chi connectivity index (χ2n) is 6.73. The standard InChI is InChI=1S/C17H26N6/c1-13(2)23-12-18-10-14(23)11-22-9-5-6-16(22)15-7-8-17(20-19-15)21(3)4/h7-8,10,12-13,16H,5-6,9,11H2,1-4H3. The van der Waals surface area contributed by atoms with Crippen molar-refractivity contribution >= 4 is 5.82 Å². The van der Waals surface area contributed by atoms with Gasteiger partial charge in [0.1, 0.15) is 0 Å². The average molecular weight is 314 g/mol. The number of likely N-dealkylation sites (tertiary alicyclic amines) is 1. The van der Waals surface area contributed by atoms with E-state index in [0.717, 1.165) is 31.0 Å². The van der Waals surface area contributed by atoms with E-state index >= 15 is 0 Å². The summed E-state index contributed by atoms with van der Waals surface area (Å²) in [7, 11) is 3.97. The van der Waals surface area contributed by atoms with Crippen molar-refractivity contribution in [3.05, 3.63) is 36.0 Å². The fourth-order valence-electron chi connectivity index (χ4n) is 3.23. The lowest BCUT2D eigenvalue weighted by atomic mass is 10.1. The third kappa shape index (κ3) is 3.37. The predicted octanol–water partition coefficient (Wildman–Crippen LogP) is 2.66. The zero-order valence-electron chi connectivity index (χ0n) is 14.5. The van der Waals surface area contributed by atoms with E-state index in [4.69, 9.17) is 0 Å². The number of aromatic nitrogens is 4. The molecule has 6 nitrogen and oxygen atoms in total. The van der Waals surface area contributed by atoms with Crippen LogP contribution in [0.2, 0.25) is 0 Å². The summed E-state index contributed by atoms with van der Waals surface area (Å²) in [6, 6.07) is 4.96. The molecule has 2 aromatic rings. The summed E-state index contributed by atoms with van der Waals surface area (Å²) in [4.78, 5) is 8.79. The normalized spacial score (nSPS) is 18.7. The Balaban J connectivity index is 1.76. The molecule has 6 heteroatoms.